The first-order valence-corrected chi connectivity index (χ1v) is 10.8. The Morgan fingerprint density at radius 2 is 1.97 bits per heavy atom. The normalized spacial score (nSPS) is 22.5. The summed E-state index contributed by atoms with van der Waals surface area (Å²) in [6.45, 7) is 7.13. The van der Waals surface area contributed by atoms with Crippen LogP contribution in [0.1, 0.15) is 52.9 Å². The molecule has 1 aromatic heterocycles. The Morgan fingerprint density at radius 1 is 1.30 bits per heavy atom. The van der Waals surface area contributed by atoms with Crippen molar-refractivity contribution < 1.29 is 35.5 Å². The molecule has 166 valence electrons. The Kier molecular flexibility index (Phi) is 7.41. The summed E-state index contributed by atoms with van der Waals surface area (Å²) >= 11 is 0. The van der Waals surface area contributed by atoms with E-state index < -0.39 is 6.10 Å². The average molecular weight is 586 g/mol. The minimum atomic E-state index is -0.583. The predicted molar refractivity (Wildman–Crippen MR) is 109 cm³/mol. The number of hydroxylamine groups is 1. The zero-order valence-electron chi connectivity index (χ0n) is 18.0. The van der Waals surface area contributed by atoms with Crippen molar-refractivity contribution in [2.24, 2.45) is 23.7 Å². The molecule has 0 radical (unpaired) electrons. The van der Waals surface area contributed by atoms with Crippen molar-refractivity contribution in [1.29, 1.82) is 0 Å². The van der Waals surface area contributed by atoms with Crippen LogP contribution < -0.4 is 10.6 Å². The number of carbonyl (C=O) groups is 2. The minimum Gasteiger partial charge on any atom is -0.529 e. The molecule has 0 aromatic carbocycles. The summed E-state index contributed by atoms with van der Waals surface area (Å²) in [5.41, 5.74) is 3.95. The fourth-order valence-corrected chi connectivity index (χ4v) is 4.12. The standard InChI is InChI=1S/C21H32N5O3.W/c1-21(2,3)25-29-18(17(13-4-5-13)14-6-7-14)20(28)23-16-9-11-26(24-16)12-15-8-10-22-19(15)27;/h9,11,13-15,17-18H,4-8,10,12H2,1-3H3,(H,22,27)(H,23,24,28);/q-1;. The molecule has 2 amide bonds. The van der Waals surface area contributed by atoms with Crippen molar-refractivity contribution in [2.45, 2.75) is 71.1 Å². The first-order chi connectivity index (χ1) is 13.8. The number of amides is 2. The topological polar surface area (TPSA) is 99.4 Å². The summed E-state index contributed by atoms with van der Waals surface area (Å²) in [5, 5.41) is 10.2. The number of nitrogens with zero attached hydrogens (tertiary/aromatic N) is 3. The second kappa shape index (κ2) is 9.49. The molecule has 2 N–H and O–H groups in total. The van der Waals surface area contributed by atoms with Gasteiger partial charge in [-0.1, -0.05) is 20.8 Å². The Balaban J connectivity index is 0.00000256. The number of carbonyl (C=O) groups excluding carboxylic acids is 2. The van der Waals surface area contributed by atoms with E-state index in [1.165, 1.54) is 25.7 Å². The molecular weight excluding hydrogens is 554 g/mol. The molecule has 2 heterocycles. The second-order valence-electron chi connectivity index (χ2n) is 9.73. The van der Waals surface area contributed by atoms with Gasteiger partial charge in [-0.15, -0.1) is 5.54 Å². The summed E-state index contributed by atoms with van der Waals surface area (Å²) in [4.78, 5) is 30.8. The molecule has 1 aromatic rings. The summed E-state index contributed by atoms with van der Waals surface area (Å²) < 4.78 is 1.72. The maximum atomic E-state index is 13.1. The van der Waals surface area contributed by atoms with Crippen molar-refractivity contribution >= 4 is 17.6 Å². The largest absolute Gasteiger partial charge is 0.529 e. The van der Waals surface area contributed by atoms with Gasteiger partial charge >= 0.3 is 0 Å². The fourth-order valence-electron chi connectivity index (χ4n) is 4.12. The molecule has 30 heavy (non-hydrogen) atoms. The molecule has 2 saturated carbocycles. The van der Waals surface area contributed by atoms with Crippen LogP contribution in [0.2, 0.25) is 0 Å². The molecule has 3 aliphatic rings. The van der Waals surface area contributed by atoms with E-state index in [9.17, 15) is 9.59 Å². The Bertz CT molecular complexity index is 742. The van der Waals surface area contributed by atoms with Crippen molar-refractivity contribution in [1.82, 2.24) is 15.1 Å². The molecule has 0 spiro atoms. The van der Waals surface area contributed by atoms with E-state index in [4.69, 9.17) is 4.84 Å². The van der Waals surface area contributed by atoms with Gasteiger partial charge in [0.15, 0.2) is 5.82 Å². The monoisotopic (exact) mass is 586 g/mol. The number of hydrogen-bond donors (Lipinski definition) is 2. The zero-order chi connectivity index (χ0) is 20.6. The van der Waals surface area contributed by atoms with Gasteiger partial charge in [0.2, 0.25) is 5.91 Å². The van der Waals surface area contributed by atoms with Gasteiger partial charge in [-0.05, 0) is 49.9 Å². The quantitative estimate of drug-likeness (QED) is 0.435. The molecule has 1 saturated heterocycles. The first-order valence-electron chi connectivity index (χ1n) is 10.8. The van der Waals surface area contributed by atoms with E-state index in [-0.39, 0.29) is 50.3 Å². The first kappa shape index (κ1) is 23.4. The summed E-state index contributed by atoms with van der Waals surface area (Å²) in [7, 11) is 0. The van der Waals surface area contributed by atoms with Crippen LogP contribution in [0.4, 0.5) is 5.82 Å². The van der Waals surface area contributed by atoms with Crippen molar-refractivity contribution in [3.63, 3.8) is 0 Å². The molecule has 3 fully saturated rings. The van der Waals surface area contributed by atoms with Crippen molar-refractivity contribution in [2.75, 3.05) is 11.9 Å². The molecule has 2 aliphatic carbocycles. The molecule has 2 unspecified atom stereocenters. The average Bonchev–Trinajstić information content (AvgIpc) is 3.57. The van der Waals surface area contributed by atoms with E-state index >= 15 is 0 Å². The second-order valence-corrected chi connectivity index (χ2v) is 9.73. The molecule has 2 atom stereocenters. The van der Waals surface area contributed by atoms with E-state index in [0.29, 0.717) is 30.7 Å². The van der Waals surface area contributed by atoms with Crippen LogP contribution in [0.25, 0.3) is 5.48 Å². The van der Waals surface area contributed by atoms with Crippen LogP contribution in [0.3, 0.4) is 0 Å². The van der Waals surface area contributed by atoms with Gasteiger partial charge in [-0.2, -0.15) is 5.10 Å². The Hall–Kier alpha value is -1.24. The fraction of sp³-hybridized carbons (Fsp3) is 0.762. The van der Waals surface area contributed by atoms with E-state index in [2.05, 4.69) is 21.2 Å². The molecule has 9 heteroatoms. The third-order valence-corrected chi connectivity index (χ3v) is 5.84. The summed E-state index contributed by atoms with van der Waals surface area (Å²) in [6.07, 6.45) is 6.71. The van der Waals surface area contributed by atoms with Gasteiger partial charge in [0.25, 0.3) is 5.91 Å². The molecule has 4 rings (SSSR count). The SMILES string of the molecule is CC(C)(C)[N-]OC(C(=O)Nc1ccn(CC2CCNC2=O)n1)C(C1CC1)C1CC1.[W]. The van der Waals surface area contributed by atoms with Crippen LogP contribution in [-0.4, -0.2) is 39.8 Å². The minimum absolute atomic E-state index is 0. The van der Waals surface area contributed by atoms with E-state index in [1.54, 1.807) is 16.9 Å². The van der Waals surface area contributed by atoms with Gasteiger partial charge in [0.1, 0.15) is 6.10 Å². The Morgan fingerprint density at radius 3 is 2.50 bits per heavy atom. The number of hydrogen-bond acceptors (Lipinski definition) is 4. The number of aromatic nitrogens is 2. The van der Waals surface area contributed by atoms with Crippen LogP contribution >= 0.6 is 0 Å². The molecule has 0 bridgehead atoms. The molecule has 1 aliphatic heterocycles. The van der Waals surface area contributed by atoms with Gasteiger partial charge in [0.05, 0.1) is 12.5 Å². The number of rotatable bonds is 9. The van der Waals surface area contributed by atoms with E-state index in [1.807, 2.05) is 20.8 Å². The van der Waals surface area contributed by atoms with Gasteiger partial charge < -0.3 is 21.0 Å². The Labute approximate surface area is 192 Å². The number of nitrogens with one attached hydrogen (secondary N) is 2. The summed E-state index contributed by atoms with van der Waals surface area (Å²) in [6, 6.07) is 1.77. The van der Waals surface area contributed by atoms with Crippen molar-refractivity contribution in [3.05, 3.63) is 17.7 Å². The van der Waals surface area contributed by atoms with Gasteiger partial charge in [-0.25, -0.2) is 0 Å². The maximum Gasteiger partial charge on any atom is 0.253 e. The summed E-state index contributed by atoms with van der Waals surface area (Å²) in [5.74, 6) is 1.67. The third-order valence-electron chi connectivity index (χ3n) is 5.84. The van der Waals surface area contributed by atoms with Crippen LogP contribution in [-0.2, 0) is 42.0 Å². The molecule has 8 nitrogen and oxygen atoms in total. The van der Waals surface area contributed by atoms with Gasteiger partial charge in [0, 0.05) is 39.9 Å². The third kappa shape index (κ3) is 6.14. The zero-order valence-corrected chi connectivity index (χ0v) is 20.9. The van der Waals surface area contributed by atoms with E-state index in [0.717, 1.165) is 6.42 Å². The molecular formula is C21H32N5O3W-. The van der Waals surface area contributed by atoms with Crippen molar-refractivity contribution in [3.8, 4) is 0 Å². The van der Waals surface area contributed by atoms with Crippen LogP contribution in [0.5, 0.6) is 0 Å². The predicted octanol–water partition coefficient (Wildman–Crippen LogP) is 2.86. The number of anilines is 1. The maximum absolute atomic E-state index is 13.1. The van der Waals surface area contributed by atoms with Crippen LogP contribution in [0.15, 0.2) is 12.3 Å². The van der Waals surface area contributed by atoms with Crippen LogP contribution in [0, 0.1) is 23.7 Å². The smallest absolute Gasteiger partial charge is 0.253 e. The van der Waals surface area contributed by atoms with Gasteiger partial charge in [-0.3, -0.25) is 14.3 Å².